The van der Waals surface area contributed by atoms with Gasteiger partial charge in [-0.1, -0.05) is 0 Å². The van der Waals surface area contributed by atoms with Crippen LogP contribution in [0.25, 0.3) is 0 Å². The van der Waals surface area contributed by atoms with E-state index in [-0.39, 0.29) is 11.6 Å². The highest BCUT2D eigenvalue weighted by Crippen LogP contribution is 2.34. The summed E-state index contributed by atoms with van der Waals surface area (Å²) in [7, 11) is 0. The van der Waals surface area contributed by atoms with Crippen LogP contribution in [0.15, 0.2) is 22.3 Å². The van der Waals surface area contributed by atoms with Crippen LogP contribution in [0, 0.1) is 6.92 Å². The van der Waals surface area contributed by atoms with Crippen LogP contribution in [-0.4, -0.2) is 9.97 Å². The molecule has 2 aromatic rings. The lowest BCUT2D eigenvalue weighted by Gasteiger charge is -2.24. The van der Waals surface area contributed by atoms with Crippen molar-refractivity contribution in [1.82, 2.24) is 9.97 Å². The Hall–Kier alpha value is -1.62. The zero-order chi connectivity index (χ0) is 12.5. The summed E-state index contributed by atoms with van der Waals surface area (Å²) >= 11 is 1.82. The topological polar surface area (TPSA) is 57.8 Å². The highest BCUT2D eigenvalue weighted by atomic mass is 32.1. The summed E-state index contributed by atoms with van der Waals surface area (Å²) in [5.74, 6) is 1.31. The predicted molar refractivity (Wildman–Crippen MR) is 73.2 cm³/mol. The van der Waals surface area contributed by atoms with Crippen molar-refractivity contribution in [3.8, 4) is 0 Å². The third-order valence-corrected chi connectivity index (χ3v) is 4.23. The van der Waals surface area contributed by atoms with Crippen molar-refractivity contribution in [2.24, 2.45) is 0 Å². The summed E-state index contributed by atoms with van der Waals surface area (Å²) < 4.78 is 0. The predicted octanol–water partition coefficient (Wildman–Crippen LogP) is 2.63. The van der Waals surface area contributed by atoms with Gasteiger partial charge in [-0.25, -0.2) is 4.98 Å². The number of anilines is 1. The van der Waals surface area contributed by atoms with Crippen LogP contribution in [-0.2, 0) is 6.42 Å². The standard InChI is InChI=1S/C13H15N3OS/c1-8-14-12(7-13(17)15-8)16-10-3-2-4-11-9(10)5-6-18-11/h5-7,10H,2-4H2,1H3,(H2,14,15,16,17). The number of H-pyrrole nitrogens is 1. The molecule has 0 fully saturated rings. The minimum atomic E-state index is -0.105. The smallest absolute Gasteiger partial charge is 0.252 e. The molecule has 0 saturated heterocycles. The van der Waals surface area contributed by atoms with E-state index < -0.39 is 0 Å². The molecule has 0 spiro atoms. The van der Waals surface area contributed by atoms with Crippen molar-refractivity contribution in [1.29, 1.82) is 0 Å². The van der Waals surface area contributed by atoms with Crippen LogP contribution >= 0.6 is 11.3 Å². The van der Waals surface area contributed by atoms with Crippen molar-refractivity contribution < 1.29 is 0 Å². The molecule has 94 valence electrons. The van der Waals surface area contributed by atoms with Gasteiger partial charge >= 0.3 is 0 Å². The number of aromatic amines is 1. The molecule has 4 nitrogen and oxygen atoms in total. The first kappa shape index (κ1) is 11.5. The van der Waals surface area contributed by atoms with Gasteiger partial charge in [0.25, 0.3) is 5.56 Å². The number of aromatic nitrogens is 2. The third kappa shape index (κ3) is 2.18. The Balaban J connectivity index is 1.88. The molecular formula is C13H15N3OS. The normalized spacial score (nSPS) is 18.4. The summed E-state index contributed by atoms with van der Waals surface area (Å²) in [4.78, 5) is 19.9. The van der Waals surface area contributed by atoms with Crippen molar-refractivity contribution in [3.05, 3.63) is 44.1 Å². The number of hydrogen-bond acceptors (Lipinski definition) is 4. The lowest BCUT2D eigenvalue weighted by Crippen LogP contribution is -2.18. The highest BCUT2D eigenvalue weighted by Gasteiger charge is 2.21. The maximum atomic E-state index is 11.4. The molecule has 5 heteroatoms. The Bertz CT molecular complexity index is 617. The minimum Gasteiger partial charge on any atom is -0.363 e. The SMILES string of the molecule is Cc1nc(NC2CCCc3sccc32)cc(=O)[nH]1. The molecule has 2 N–H and O–H groups in total. The van der Waals surface area contributed by atoms with Gasteiger partial charge in [-0.15, -0.1) is 11.3 Å². The number of nitrogens with one attached hydrogen (secondary N) is 2. The van der Waals surface area contributed by atoms with E-state index in [1.54, 1.807) is 6.92 Å². The second-order valence-electron chi connectivity index (χ2n) is 4.60. The van der Waals surface area contributed by atoms with Gasteiger partial charge in [-0.2, -0.15) is 0 Å². The number of nitrogens with zero attached hydrogens (tertiary/aromatic N) is 1. The molecule has 18 heavy (non-hydrogen) atoms. The Morgan fingerprint density at radius 2 is 2.44 bits per heavy atom. The summed E-state index contributed by atoms with van der Waals surface area (Å²) in [5, 5.41) is 5.52. The maximum absolute atomic E-state index is 11.4. The molecule has 2 heterocycles. The van der Waals surface area contributed by atoms with Gasteiger partial charge in [0.2, 0.25) is 0 Å². The first-order valence-electron chi connectivity index (χ1n) is 6.13. The van der Waals surface area contributed by atoms with E-state index in [0.717, 1.165) is 6.42 Å². The van der Waals surface area contributed by atoms with Crippen LogP contribution < -0.4 is 10.9 Å². The van der Waals surface area contributed by atoms with E-state index in [1.807, 2.05) is 11.3 Å². The van der Waals surface area contributed by atoms with E-state index in [0.29, 0.717) is 11.6 Å². The van der Waals surface area contributed by atoms with E-state index in [4.69, 9.17) is 0 Å². The Kier molecular flexibility index (Phi) is 2.91. The lowest BCUT2D eigenvalue weighted by molar-refractivity contribution is 0.606. The largest absolute Gasteiger partial charge is 0.363 e. The van der Waals surface area contributed by atoms with Gasteiger partial charge in [0.1, 0.15) is 11.6 Å². The molecule has 0 aliphatic heterocycles. The Morgan fingerprint density at radius 1 is 1.56 bits per heavy atom. The van der Waals surface area contributed by atoms with Gasteiger partial charge in [-0.3, -0.25) is 4.79 Å². The van der Waals surface area contributed by atoms with E-state index in [1.165, 1.54) is 29.3 Å². The van der Waals surface area contributed by atoms with Crippen LogP contribution in [0.3, 0.4) is 0 Å². The number of hydrogen-bond donors (Lipinski definition) is 2. The van der Waals surface area contributed by atoms with Crippen molar-refractivity contribution in [2.45, 2.75) is 32.2 Å². The highest BCUT2D eigenvalue weighted by molar-refractivity contribution is 7.10. The van der Waals surface area contributed by atoms with Gasteiger partial charge in [0, 0.05) is 10.9 Å². The van der Waals surface area contributed by atoms with E-state index in [2.05, 4.69) is 26.7 Å². The summed E-state index contributed by atoms with van der Waals surface area (Å²) in [6, 6.07) is 3.98. The number of fused-ring (bicyclic) bond motifs is 1. The first-order chi connectivity index (χ1) is 8.72. The van der Waals surface area contributed by atoms with Gasteiger partial charge in [-0.05, 0) is 43.2 Å². The third-order valence-electron chi connectivity index (χ3n) is 3.23. The molecule has 1 aliphatic rings. The molecule has 0 bridgehead atoms. The first-order valence-corrected chi connectivity index (χ1v) is 7.01. The van der Waals surface area contributed by atoms with Gasteiger partial charge < -0.3 is 10.3 Å². The monoisotopic (exact) mass is 261 g/mol. The maximum Gasteiger partial charge on any atom is 0.252 e. The van der Waals surface area contributed by atoms with E-state index in [9.17, 15) is 4.79 Å². The fourth-order valence-corrected chi connectivity index (χ4v) is 3.46. The fraction of sp³-hybridized carbons (Fsp3) is 0.385. The average molecular weight is 261 g/mol. The number of aryl methyl sites for hydroxylation is 2. The number of rotatable bonds is 2. The molecule has 0 saturated carbocycles. The second-order valence-corrected chi connectivity index (χ2v) is 5.60. The molecule has 3 rings (SSSR count). The Labute approximate surface area is 109 Å². The Morgan fingerprint density at radius 3 is 3.28 bits per heavy atom. The zero-order valence-corrected chi connectivity index (χ0v) is 11.0. The van der Waals surface area contributed by atoms with Crippen LogP contribution in [0.2, 0.25) is 0 Å². The summed E-state index contributed by atoms with van der Waals surface area (Å²) in [5.41, 5.74) is 1.26. The number of thiophene rings is 1. The molecule has 2 aromatic heterocycles. The van der Waals surface area contributed by atoms with Crippen LogP contribution in [0.1, 0.15) is 35.1 Å². The van der Waals surface area contributed by atoms with Gasteiger partial charge in [0.15, 0.2) is 0 Å². The molecule has 1 unspecified atom stereocenters. The van der Waals surface area contributed by atoms with E-state index >= 15 is 0 Å². The zero-order valence-electron chi connectivity index (χ0n) is 10.2. The fourth-order valence-electron chi connectivity index (χ4n) is 2.47. The van der Waals surface area contributed by atoms with Crippen LogP contribution in [0.5, 0.6) is 0 Å². The molecule has 1 aliphatic carbocycles. The molecule has 1 atom stereocenters. The lowest BCUT2D eigenvalue weighted by atomic mass is 9.94. The average Bonchev–Trinajstić information content (AvgIpc) is 2.76. The summed E-state index contributed by atoms with van der Waals surface area (Å²) in [6.45, 7) is 1.80. The molecular weight excluding hydrogens is 246 g/mol. The van der Waals surface area contributed by atoms with Gasteiger partial charge in [0.05, 0.1) is 6.04 Å². The quantitative estimate of drug-likeness (QED) is 0.873. The van der Waals surface area contributed by atoms with Crippen LogP contribution in [0.4, 0.5) is 5.82 Å². The van der Waals surface area contributed by atoms with Crippen molar-refractivity contribution in [3.63, 3.8) is 0 Å². The second kappa shape index (κ2) is 4.57. The molecule has 0 radical (unpaired) electrons. The van der Waals surface area contributed by atoms with Crippen molar-refractivity contribution in [2.75, 3.05) is 5.32 Å². The summed E-state index contributed by atoms with van der Waals surface area (Å²) in [6.07, 6.45) is 3.46. The molecule has 0 aromatic carbocycles. The minimum absolute atomic E-state index is 0.105. The van der Waals surface area contributed by atoms with Crippen molar-refractivity contribution >= 4 is 17.2 Å². The molecule has 0 amide bonds.